The molecule has 1 amide bonds. The van der Waals surface area contributed by atoms with E-state index in [1.54, 1.807) is 23.1 Å². The number of aromatic nitrogens is 2. The number of carboxylic acid groups (broad SMARTS) is 1. The molecule has 0 radical (unpaired) electrons. The van der Waals surface area contributed by atoms with Gasteiger partial charge < -0.3 is 19.6 Å². The van der Waals surface area contributed by atoms with E-state index in [1.807, 2.05) is 17.2 Å². The summed E-state index contributed by atoms with van der Waals surface area (Å²) in [5.41, 5.74) is 0.932. The highest BCUT2D eigenvalue weighted by molar-refractivity contribution is 7.94. The highest BCUT2D eigenvalue weighted by Gasteiger charge is 2.44. The SMILES string of the molecule is CS(=O)(=O)C1=CCC2C(=C1)C=CN2c1cc(OC2CC3CCC(C2)N3C(=O)O)ncn1. The summed E-state index contributed by atoms with van der Waals surface area (Å²) >= 11 is 0. The first-order valence-corrected chi connectivity index (χ1v) is 12.3. The van der Waals surface area contributed by atoms with Crippen LogP contribution in [0.25, 0.3) is 0 Å². The topological polar surface area (TPSA) is 113 Å². The van der Waals surface area contributed by atoms with Crippen molar-refractivity contribution in [3.63, 3.8) is 0 Å². The lowest BCUT2D eigenvalue weighted by Gasteiger charge is -2.36. The summed E-state index contributed by atoms with van der Waals surface area (Å²) in [6, 6.07) is 1.79. The average Bonchev–Trinajstić information content (AvgIpc) is 3.26. The molecule has 1 aliphatic carbocycles. The van der Waals surface area contributed by atoms with E-state index in [0.29, 0.717) is 35.9 Å². The zero-order chi connectivity index (χ0) is 21.8. The first-order chi connectivity index (χ1) is 14.8. The summed E-state index contributed by atoms with van der Waals surface area (Å²) in [7, 11) is -3.24. The number of rotatable bonds is 4. The molecule has 10 heteroatoms. The molecule has 2 saturated heterocycles. The molecule has 4 heterocycles. The monoisotopic (exact) mass is 444 g/mol. The van der Waals surface area contributed by atoms with Crippen LogP contribution in [0.1, 0.15) is 32.1 Å². The number of amides is 1. The fourth-order valence-corrected chi connectivity index (χ4v) is 5.87. The molecule has 2 fully saturated rings. The standard InChI is InChI=1S/C21H24N4O5S/c1-31(28,29)17-4-5-18-13(8-17)6-7-24(18)19-11-20(23-12-22-19)30-16-9-14-2-3-15(10-16)25(14)21(26)27/h4,6-8,11-12,14-16,18H,2-3,5,9-10H2,1H3,(H,26,27). The normalized spacial score (nSPS) is 29.5. The Labute approximate surface area is 180 Å². The summed E-state index contributed by atoms with van der Waals surface area (Å²) in [5.74, 6) is 1.14. The first-order valence-electron chi connectivity index (χ1n) is 10.4. The van der Waals surface area contributed by atoms with Gasteiger partial charge in [-0.15, -0.1) is 0 Å². The fourth-order valence-electron chi connectivity index (χ4n) is 5.12. The van der Waals surface area contributed by atoms with E-state index in [0.717, 1.165) is 18.4 Å². The van der Waals surface area contributed by atoms with Crippen LogP contribution >= 0.6 is 0 Å². The maximum Gasteiger partial charge on any atom is 0.407 e. The Balaban J connectivity index is 1.29. The van der Waals surface area contributed by atoms with Gasteiger partial charge in [0.05, 0.1) is 10.9 Å². The quantitative estimate of drug-likeness (QED) is 0.754. The van der Waals surface area contributed by atoms with Crippen molar-refractivity contribution in [2.75, 3.05) is 11.2 Å². The van der Waals surface area contributed by atoms with Gasteiger partial charge in [0.25, 0.3) is 0 Å². The van der Waals surface area contributed by atoms with Crippen LogP contribution in [0.5, 0.6) is 5.88 Å². The lowest BCUT2D eigenvalue weighted by atomic mass is 10.00. The maximum atomic E-state index is 11.8. The van der Waals surface area contributed by atoms with Gasteiger partial charge in [-0.25, -0.2) is 23.2 Å². The third-order valence-electron chi connectivity index (χ3n) is 6.52. The van der Waals surface area contributed by atoms with Crippen LogP contribution in [0.2, 0.25) is 0 Å². The Morgan fingerprint density at radius 3 is 2.65 bits per heavy atom. The maximum absolute atomic E-state index is 11.8. The molecule has 31 heavy (non-hydrogen) atoms. The van der Waals surface area contributed by atoms with E-state index < -0.39 is 15.9 Å². The third kappa shape index (κ3) is 3.69. The number of carbonyl (C=O) groups is 1. The van der Waals surface area contributed by atoms with Gasteiger partial charge in [-0.2, -0.15) is 0 Å². The molecule has 164 valence electrons. The molecular formula is C21H24N4O5S. The molecular weight excluding hydrogens is 420 g/mol. The van der Waals surface area contributed by atoms with Crippen LogP contribution in [0, 0.1) is 0 Å². The van der Waals surface area contributed by atoms with E-state index in [1.165, 1.54) is 12.6 Å². The molecule has 3 atom stereocenters. The second-order valence-electron chi connectivity index (χ2n) is 8.50. The van der Waals surface area contributed by atoms with Gasteiger partial charge in [0.2, 0.25) is 5.88 Å². The van der Waals surface area contributed by atoms with E-state index >= 15 is 0 Å². The molecule has 2 bridgehead atoms. The smallest absolute Gasteiger partial charge is 0.407 e. The minimum Gasteiger partial charge on any atom is -0.474 e. The first kappa shape index (κ1) is 20.0. The average molecular weight is 445 g/mol. The number of anilines is 1. The molecule has 9 nitrogen and oxygen atoms in total. The lowest BCUT2D eigenvalue weighted by molar-refractivity contribution is 0.0476. The highest BCUT2D eigenvalue weighted by atomic mass is 32.2. The number of hydrogen-bond donors (Lipinski definition) is 1. The van der Waals surface area contributed by atoms with Crippen molar-refractivity contribution < 1.29 is 23.1 Å². The largest absolute Gasteiger partial charge is 0.474 e. The van der Waals surface area contributed by atoms with Crippen LogP contribution in [0.3, 0.4) is 0 Å². The third-order valence-corrected chi connectivity index (χ3v) is 7.66. The molecule has 4 aliphatic rings. The number of piperidine rings is 1. The summed E-state index contributed by atoms with van der Waals surface area (Å²) in [6.07, 6.45) is 12.7. The lowest BCUT2D eigenvalue weighted by Crippen LogP contribution is -2.48. The van der Waals surface area contributed by atoms with E-state index in [2.05, 4.69) is 9.97 Å². The minimum absolute atomic E-state index is 0.00911. The Bertz CT molecular complexity index is 1100. The number of sulfone groups is 1. The molecule has 1 aromatic rings. The van der Waals surface area contributed by atoms with Crippen molar-refractivity contribution in [2.24, 2.45) is 0 Å². The molecule has 3 unspecified atom stereocenters. The zero-order valence-electron chi connectivity index (χ0n) is 17.1. The van der Waals surface area contributed by atoms with Crippen molar-refractivity contribution in [1.82, 2.24) is 14.9 Å². The van der Waals surface area contributed by atoms with Gasteiger partial charge in [0.15, 0.2) is 9.84 Å². The van der Waals surface area contributed by atoms with Crippen molar-refractivity contribution in [2.45, 2.75) is 56.3 Å². The van der Waals surface area contributed by atoms with Crippen LogP contribution in [0.15, 0.2) is 47.3 Å². The second-order valence-corrected chi connectivity index (χ2v) is 10.5. The zero-order valence-corrected chi connectivity index (χ0v) is 17.9. The molecule has 1 aromatic heterocycles. The number of allylic oxidation sites excluding steroid dienone is 1. The summed E-state index contributed by atoms with van der Waals surface area (Å²) in [4.78, 5) is 24.0. The van der Waals surface area contributed by atoms with Crippen molar-refractivity contribution in [3.8, 4) is 5.88 Å². The van der Waals surface area contributed by atoms with E-state index in [4.69, 9.17) is 4.74 Å². The van der Waals surface area contributed by atoms with Crippen LogP contribution in [-0.4, -0.2) is 65.0 Å². The number of fused-ring (bicyclic) bond motifs is 3. The Morgan fingerprint density at radius 2 is 1.97 bits per heavy atom. The van der Waals surface area contributed by atoms with Crippen LogP contribution in [-0.2, 0) is 9.84 Å². The molecule has 1 N–H and O–H groups in total. The Morgan fingerprint density at radius 1 is 1.23 bits per heavy atom. The van der Waals surface area contributed by atoms with Gasteiger partial charge in [-0.3, -0.25) is 0 Å². The second kappa shape index (κ2) is 7.37. The van der Waals surface area contributed by atoms with Gasteiger partial charge >= 0.3 is 6.09 Å². The van der Waals surface area contributed by atoms with Crippen molar-refractivity contribution >= 4 is 21.7 Å². The van der Waals surface area contributed by atoms with Crippen molar-refractivity contribution in [1.29, 1.82) is 0 Å². The summed E-state index contributed by atoms with van der Waals surface area (Å²) < 4.78 is 29.8. The van der Waals surface area contributed by atoms with E-state index in [9.17, 15) is 18.3 Å². The Hall–Kier alpha value is -2.88. The predicted molar refractivity (Wildman–Crippen MR) is 113 cm³/mol. The van der Waals surface area contributed by atoms with Crippen LogP contribution < -0.4 is 9.64 Å². The molecule has 5 rings (SSSR count). The number of nitrogens with zero attached hydrogens (tertiary/aromatic N) is 4. The minimum atomic E-state index is -3.24. The Kier molecular flexibility index (Phi) is 4.76. The van der Waals surface area contributed by atoms with Gasteiger partial charge in [0.1, 0.15) is 18.2 Å². The molecule has 3 aliphatic heterocycles. The molecule has 0 spiro atoms. The van der Waals surface area contributed by atoms with Crippen molar-refractivity contribution in [3.05, 3.63) is 47.3 Å². The van der Waals surface area contributed by atoms with E-state index in [-0.39, 0.29) is 24.2 Å². The van der Waals surface area contributed by atoms with Gasteiger partial charge in [0, 0.05) is 43.4 Å². The van der Waals surface area contributed by atoms with Crippen LogP contribution in [0.4, 0.5) is 10.6 Å². The predicted octanol–water partition coefficient (Wildman–Crippen LogP) is 2.49. The van der Waals surface area contributed by atoms with Gasteiger partial charge in [-0.05, 0) is 37.0 Å². The highest BCUT2D eigenvalue weighted by Crippen LogP contribution is 2.38. The fraction of sp³-hybridized carbons (Fsp3) is 0.476. The molecule has 0 aromatic carbocycles. The number of ether oxygens (including phenoxy) is 1. The molecule has 0 saturated carbocycles. The van der Waals surface area contributed by atoms with Gasteiger partial charge in [-0.1, -0.05) is 6.08 Å². The summed E-state index contributed by atoms with van der Waals surface area (Å²) in [6.45, 7) is 0. The number of hydrogen-bond acceptors (Lipinski definition) is 7. The summed E-state index contributed by atoms with van der Waals surface area (Å²) in [5, 5.41) is 9.42.